The highest BCUT2D eigenvalue weighted by molar-refractivity contribution is 7.92. The van der Waals surface area contributed by atoms with E-state index >= 15 is 0 Å². The Morgan fingerprint density at radius 2 is 1.62 bits per heavy atom. The maximum atomic E-state index is 13.6. The van der Waals surface area contributed by atoms with E-state index in [1.54, 1.807) is 25.1 Å². The van der Waals surface area contributed by atoms with Gasteiger partial charge >= 0.3 is 0 Å². The molecule has 0 amide bonds. The van der Waals surface area contributed by atoms with Crippen LogP contribution in [0.3, 0.4) is 0 Å². The number of nitrogens with one attached hydrogen (secondary N) is 2. The number of hydrogen-bond donors (Lipinski definition) is 2. The fraction of sp³-hybridized carbons (Fsp3) is 0.0588. The first kappa shape index (κ1) is 17.7. The van der Waals surface area contributed by atoms with Gasteiger partial charge in [-0.1, -0.05) is 18.2 Å². The molecule has 0 bridgehead atoms. The van der Waals surface area contributed by atoms with Gasteiger partial charge in [-0.3, -0.25) is 4.72 Å². The molecule has 3 rings (SSSR count). The molecule has 6 nitrogen and oxygen atoms in total. The largest absolute Gasteiger partial charge is 0.336 e. The van der Waals surface area contributed by atoms with E-state index in [0.717, 1.165) is 12.1 Å². The molecule has 1 heterocycles. The number of aromatic nitrogens is 2. The van der Waals surface area contributed by atoms with E-state index in [-0.39, 0.29) is 22.2 Å². The molecule has 1 aromatic heterocycles. The van der Waals surface area contributed by atoms with Gasteiger partial charge in [0.2, 0.25) is 0 Å². The van der Waals surface area contributed by atoms with Crippen molar-refractivity contribution >= 4 is 27.3 Å². The Balaban J connectivity index is 1.76. The van der Waals surface area contributed by atoms with Gasteiger partial charge in [0.15, 0.2) is 11.6 Å². The Morgan fingerprint density at radius 3 is 2.27 bits per heavy atom. The van der Waals surface area contributed by atoms with Gasteiger partial charge in [0, 0.05) is 6.07 Å². The minimum Gasteiger partial charge on any atom is -0.336 e. The van der Waals surface area contributed by atoms with Crippen LogP contribution >= 0.6 is 0 Å². The average Bonchev–Trinajstić information content (AvgIpc) is 2.59. The summed E-state index contributed by atoms with van der Waals surface area (Å²) in [6.45, 7) is 1.69. The predicted molar refractivity (Wildman–Crippen MR) is 93.7 cm³/mol. The fourth-order valence-electron chi connectivity index (χ4n) is 2.23. The minimum absolute atomic E-state index is 0.0124. The highest BCUT2D eigenvalue weighted by Crippen LogP contribution is 2.21. The summed E-state index contributed by atoms with van der Waals surface area (Å²) in [5.74, 6) is -1.29. The number of rotatable bonds is 5. The van der Waals surface area contributed by atoms with Crippen LogP contribution in [-0.4, -0.2) is 18.6 Å². The van der Waals surface area contributed by atoms with Crippen LogP contribution in [-0.2, 0) is 10.0 Å². The standard InChI is InChI=1S/C17H14F2N4O2S/c1-11-4-2-3-5-15(11)26(24,25)23-17-9-8-16(21-22-17)20-14-7-6-12(18)10-13(14)19/h2-10H,1H3,(H,20,21)(H,22,23). The summed E-state index contributed by atoms with van der Waals surface area (Å²) in [6.07, 6.45) is 0. The zero-order valence-corrected chi connectivity index (χ0v) is 14.4. The maximum Gasteiger partial charge on any atom is 0.263 e. The number of nitrogens with zero attached hydrogens (tertiary/aromatic N) is 2. The third-order valence-corrected chi connectivity index (χ3v) is 5.00. The zero-order chi connectivity index (χ0) is 18.7. The molecule has 0 saturated heterocycles. The number of halogens is 2. The van der Waals surface area contributed by atoms with Crippen molar-refractivity contribution in [3.63, 3.8) is 0 Å². The molecule has 0 fully saturated rings. The molecule has 0 radical (unpaired) electrons. The third-order valence-electron chi connectivity index (χ3n) is 3.48. The van der Waals surface area contributed by atoms with E-state index in [1.807, 2.05) is 0 Å². The van der Waals surface area contributed by atoms with Crippen molar-refractivity contribution in [3.05, 3.63) is 71.8 Å². The summed E-state index contributed by atoms with van der Waals surface area (Å²) in [6, 6.07) is 12.4. The Morgan fingerprint density at radius 1 is 0.923 bits per heavy atom. The molecule has 134 valence electrons. The lowest BCUT2D eigenvalue weighted by molar-refractivity contribution is 0.586. The van der Waals surface area contributed by atoms with Crippen molar-refractivity contribution in [2.75, 3.05) is 10.0 Å². The second kappa shape index (κ2) is 7.04. The first-order valence-corrected chi connectivity index (χ1v) is 8.98. The normalized spacial score (nSPS) is 11.2. The molecule has 9 heteroatoms. The maximum absolute atomic E-state index is 13.6. The lowest BCUT2D eigenvalue weighted by Gasteiger charge is -2.10. The van der Waals surface area contributed by atoms with Crippen LogP contribution in [0.1, 0.15) is 5.56 Å². The molecule has 0 aliphatic rings. The molecule has 0 unspecified atom stereocenters. The quantitative estimate of drug-likeness (QED) is 0.711. The van der Waals surface area contributed by atoms with E-state index in [2.05, 4.69) is 20.2 Å². The highest BCUT2D eigenvalue weighted by Gasteiger charge is 2.17. The van der Waals surface area contributed by atoms with Gasteiger partial charge in [0.05, 0.1) is 10.6 Å². The average molecular weight is 376 g/mol. The second-order valence-electron chi connectivity index (χ2n) is 5.42. The summed E-state index contributed by atoms with van der Waals surface area (Å²) >= 11 is 0. The number of aryl methyl sites for hydroxylation is 1. The van der Waals surface area contributed by atoms with E-state index in [0.29, 0.717) is 5.56 Å². The van der Waals surface area contributed by atoms with Gasteiger partial charge < -0.3 is 5.32 Å². The third kappa shape index (κ3) is 3.94. The van der Waals surface area contributed by atoms with Crippen molar-refractivity contribution in [1.82, 2.24) is 10.2 Å². The van der Waals surface area contributed by atoms with Crippen LogP contribution in [0.15, 0.2) is 59.5 Å². The van der Waals surface area contributed by atoms with E-state index in [9.17, 15) is 17.2 Å². The number of sulfonamides is 1. The Labute approximate surface area is 149 Å². The summed E-state index contributed by atoms with van der Waals surface area (Å²) < 4.78 is 53.6. The van der Waals surface area contributed by atoms with Crippen molar-refractivity contribution in [3.8, 4) is 0 Å². The smallest absolute Gasteiger partial charge is 0.263 e. The summed E-state index contributed by atoms with van der Waals surface area (Å²) in [4.78, 5) is 0.136. The molecular formula is C17H14F2N4O2S. The Kier molecular flexibility index (Phi) is 4.81. The van der Waals surface area contributed by atoms with Crippen molar-refractivity contribution in [2.24, 2.45) is 0 Å². The minimum atomic E-state index is -3.80. The van der Waals surface area contributed by atoms with E-state index in [4.69, 9.17) is 0 Å². The van der Waals surface area contributed by atoms with Crippen molar-refractivity contribution < 1.29 is 17.2 Å². The molecule has 0 atom stereocenters. The van der Waals surface area contributed by atoms with E-state index in [1.165, 1.54) is 24.3 Å². The molecular weight excluding hydrogens is 362 g/mol. The van der Waals surface area contributed by atoms with Gasteiger partial charge in [-0.25, -0.2) is 17.2 Å². The summed E-state index contributed by atoms with van der Waals surface area (Å²) in [5.41, 5.74) is 0.618. The molecule has 2 N–H and O–H groups in total. The topological polar surface area (TPSA) is 84.0 Å². The Bertz CT molecular complexity index is 1040. The van der Waals surface area contributed by atoms with Gasteiger partial charge in [-0.2, -0.15) is 0 Å². The molecule has 0 spiro atoms. The first-order valence-electron chi connectivity index (χ1n) is 7.49. The molecule has 0 aliphatic carbocycles. The van der Waals surface area contributed by atoms with Gasteiger partial charge in [0.1, 0.15) is 11.6 Å². The SMILES string of the molecule is Cc1ccccc1S(=O)(=O)Nc1ccc(Nc2ccc(F)cc2F)nn1. The van der Waals surface area contributed by atoms with Crippen LogP contribution in [0, 0.1) is 18.6 Å². The second-order valence-corrected chi connectivity index (χ2v) is 7.07. The molecule has 0 aliphatic heterocycles. The van der Waals surface area contributed by atoms with Crippen LogP contribution in [0.4, 0.5) is 26.1 Å². The number of benzene rings is 2. The predicted octanol–water partition coefficient (Wildman–Crippen LogP) is 3.61. The summed E-state index contributed by atoms with van der Waals surface area (Å²) in [7, 11) is -3.80. The van der Waals surface area contributed by atoms with Crippen LogP contribution in [0.2, 0.25) is 0 Å². The highest BCUT2D eigenvalue weighted by atomic mass is 32.2. The van der Waals surface area contributed by atoms with E-state index < -0.39 is 21.7 Å². The van der Waals surface area contributed by atoms with Crippen LogP contribution < -0.4 is 10.0 Å². The lowest BCUT2D eigenvalue weighted by Crippen LogP contribution is -2.15. The lowest BCUT2D eigenvalue weighted by atomic mass is 10.2. The molecule has 0 saturated carbocycles. The Hall–Kier alpha value is -3.07. The zero-order valence-electron chi connectivity index (χ0n) is 13.6. The van der Waals surface area contributed by atoms with Crippen LogP contribution in [0.5, 0.6) is 0 Å². The summed E-state index contributed by atoms with van der Waals surface area (Å²) in [5, 5.41) is 10.2. The number of anilines is 3. The molecule has 26 heavy (non-hydrogen) atoms. The molecule has 3 aromatic rings. The monoisotopic (exact) mass is 376 g/mol. The molecule has 2 aromatic carbocycles. The number of hydrogen-bond acceptors (Lipinski definition) is 5. The van der Waals surface area contributed by atoms with Crippen LogP contribution in [0.25, 0.3) is 0 Å². The first-order chi connectivity index (χ1) is 12.3. The van der Waals surface area contributed by atoms with Crippen molar-refractivity contribution in [1.29, 1.82) is 0 Å². The van der Waals surface area contributed by atoms with Gasteiger partial charge in [-0.05, 0) is 42.8 Å². The fourth-order valence-corrected chi connectivity index (χ4v) is 3.48. The van der Waals surface area contributed by atoms with Gasteiger partial charge in [0.25, 0.3) is 10.0 Å². The van der Waals surface area contributed by atoms with Crippen molar-refractivity contribution in [2.45, 2.75) is 11.8 Å². The van der Waals surface area contributed by atoms with Gasteiger partial charge in [-0.15, -0.1) is 10.2 Å².